The number of carbonyl (C=O) groups is 1. The number of rotatable bonds is 8. The molecule has 0 unspecified atom stereocenters. The van der Waals surface area contributed by atoms with Crippen LogP contribution in [0.4, 0.5) is 0 Å². The van der Waals surface area contributed by atoms with Crippen LogP contribution in [0.5, 0.6) is 0 Å². The van der Waals surface area contributed by atoms with Gasteiger partial charge in [0.2, 0.25) is 0 Å². The van der Waals surface area contributed by atoms with Crippen LogP contribution in [0, 0.1) is 5.41 Å². The highest BCUT2D eigenvalue weighted by Gasteiger charge is 2.26. The number of hydrogen-bond donors (Lipinski definition) is 1. The van der Waals surface area contributed by atoms with E-state index in [-0.39, 0.29) is 11.3 Å². The van der Waals surface area contributed by atoms with Gasteiger partial charge >= 0.3 is 0 Å². The van der Waals surface area contributed by atoms with Crippen molar-refractivity contribution in [3.8, 4) is 0 Å². The van der Waals surface area contributed by atoms with Crippen molar-refractivity contribution in [1.82, 2.24) is 5.32 Å². The van der Waals surface area contributed by atoms with E-state index in [1.807, 2.05) is 24.3 Å². The molecule has 0 fully saturated rings. The molecule has 1 aliphatic rings. The Kier molecular flexibility index (Phi) is 7.59. The normalized spacial score (nSPS) is 17.0. The third kappa shape index (κ3) is 6.00. The first-order valence-electron chi connectivity index (χ1n) is 11.7. The van der Waals surface area contributed by atoms with Crippen molar-refractivity contribution in [3.63, 3.8) is 0 Å². The van der Waals surface area contributed by atoms with Gasteiger partial charge in [-0.3, -0.25) is 4.79 Å². The quantitative estimate of drug-likeness (QED) is 0.350. The molecule has 0 radical (unpaired) electrons. The molecule has 166 valence electrons. The fourth-order valence-corrected chi connectivity index (χ4v) is 4.44. The van der Waals surface area contributed by atoms with Gasteiger partial charge in [-0.1, -0.05) is 57.4 Å². The van der Waals surface area contributed by atoms with Crippen LogP contribution in [-0.4, -0.2) is 12.5 Å². The minimum Gasteiger partial charge on any atom is -0.457 e. The van der Waals surface area contributed by atoms with Crippen LogP contribution < -0.4 is 5.32 Å². The van der Waals surface area contributed by atoms with Crippen LogP contribution in [0.1, 0.15) is 89.3 Å². The Morgan fingerprint density at radius 3 is 2.77 bits per heavy atom. The van der Waals surface area contributed by atoms with Gasteiger partial charge in [-0.15, -0.1) is 0 Å². The van der Waals surface area contributed by atoms with Crippen molar-refractivity contribution in [2.24, 2.45) is 5.41 Å². The van der Waals surface area contributed by atoms with Crippen LogP contribution in [0.3, 0.4) is 0 Å². The molecule has 1 amide bonds. The number of furan rings is 1. The van der Waals surface area contributed by atoms with Gasteiger partial charge in [0.1, 0.15) is 11.3 Å². The van der Waals surface area contributed by atoms with Gasteiger partial charge in [0.25, 0.3) is 5.91 Å². The Morgan fingerprint density at radius 1 is 1.23 bits per heavy atom. The van der Waals surface area contributed by atoms with Crippen LogP contribution in [0.15, 0.2) is 57.6 Å². The third-order valence-corrected chi connectivity index (χ3v) is 6.29. The lowest BCUT2D eigenvalue weighted by molar-refractivity contribution is 0.0953. The number of hydrogen-bond acceptors (Lipinski definition) is 2. The van der Waals surface area contributed by atoms with Crippen molar-refractivity contribution in [1.29, 1.82) is 0 Å². The van der Waals surface area contributed by atoms with Crippen molar-refractivity contribution in [3.05, 3.63) is 64.5 Å². The molecule has 0 aliphatic heterocycles. The highest BCUT2D eigenvalue weighted by Crippen LogP contribution is 2.40. The maximum Gasteiger partial charge on any atom is 0.251 e. The van der Waals surface area contributed by atoms with Gasteiger partial charge in [0.15, 0.2) is 0 Å². The van der Waals surface area contributed by atoms with Crippen molar-refractivity contribution in [2.75, 3.05) is 6.54 Å². The number of nitrogens with one attached hydrogen (secondary N) is 1. The molecule has 0 atom stereocenters. The molecular formula is C28H37NO2. The van der Waals surface area contributed by atoms with Gasteiger partial charge in [-0.25, -0.2) is 0 Å². The zero-order chi connectivity index (χ0) is 22.4. The minimum atomic E-state index is -0.0376. The van der Waals surface area contributed by atoms with Crippen molar-refractivity contribution >= 4 is 23.0 Å². The molecule has 1 heterocycles. The fraction of sp³-hybridized carbons (Fsp3) is 0.464. The molecule has 3 nitrogen and oxygen atoms in total. The molecule has 2 aromatic rings. The van der Waals surface area contributed by atoms with Gasteiger partial charge in [-0.05, 0) is 80.4 Å². The van der Waals surface area contributed by atoms with Gasteiger partial charge in [-0.2, -0.15) is 0 Å². The summed E-state index contributed by atoms with van der Waals surface area (Å²) in [6.45, 7) is 11.9. The molecule has 0 saturated heterocycles. The Balaban J connectivity index is 1.72. The predicted octanol–water partition coefficient (Wildman–Crippen LogP) is 7.84. The number of fused-ring (bicyclic) bond motifs is 1. The second-order valence-electron chi connectivity index (χ2n) is 9.52. The second kappa shape index (κ2) is 10.2. The Morgan fingerprint density at radius 2 is 2.03 bits per heavy atom. The Labute approximate surface area is 187 Å². The highest BCUT2D eigenvalue weighted by molar-refractivity contribution is 5.97. The molecule has 31 heavy (non-hydrogen) atoms. The summed E-state index contributed by atoms with van der Waals surface area (Å²) in [4.78, 5) is 12.4. The van der Waals surface area contributed by atoms with E-state index in [2.05, 4.69) is 58.2 Å². The SMILES string of the molecule is CCCCCNC(=O)c1ccc2cc(C=C(C)C=CC3=C(C)CCCC3(C)C)oc2c1. The maximum atomic E-state index is 12.4. The van der Waals surface area contributed by atoms with Crippen molar-refractivity contribution in [2.45, 2.75) is 73.1 Å². The first kappa shape index (κ1) is 23.1. The average Bonchev–Trinajstić information content (AvgIpc) is 3.11. The van der Waals surface area contributed by atoms with E-state index in [1.165, 1.54) is 30.4 Å². The zero-order valence-electron chi connectivity index (χ0n) is 19.8. The second-order valence-corrected chi connectivity index (χ2v) is 9.52. The maximum absolute atomic E-state index is 12.4. The third-order valence-electron chi connectivity index (χ3n) is 6.29. The molecule has 3 rings (SSSR count). The van der Waals surface area contributed by atoms with E-state index in [1.54, 1.807) is 0 Å². The summed E-state index contributed by atoms with van der Waals surface area (Å²) in [6.07, 6.45) is 13.5. The summed E-state index contributed by atoms with van der Waals surface area (Å²) in [6, 6.07) is 7.70. The molecule has 1 N–H and O–H groups in total. The lowest BCUT2D eigenvalue weighted by Gasteiger charge is -2.32. The number of carbonyl (C=O) groups excluding carboxylic acids is 1. The molecule has 1 aromatic heterocycles. The van der Waals surface area contributed by atoms with E-state index in [4.69, 9.17) is 4.42 Å². The van der Waals surface area contributed by atoms with E-state index in [0.717, 1.165) is 48.1 Å². The average molecular weight is 420 g/mol. The monoisotopic (exact) mass is 419 g/mol. The highest BCUT2D eigenvalue weighted by atomic mass is 16.3. The summed E-state index contributed by atoms with van der Waals surface area (Å²) in [5.41, 5.74) is 5.75. The largest absolute Gasteiger partial charge is 0.457 e. The van der Waals surface area contributed by atoms with Crippen LogP contribution in [-0.2, 0) is 0 Å². The van der Waals surface area contributed by atoms with E-state index in [0.29, 0.717) is 5.56 Å². The molecule has 1 aromatic carbocycles. The van der Waals surface area contributed by atoms with Crippen LogP contribution in [0.2, 0.25) is 0 Å². The van der Waals surface area contributed by atoms with Gasteiger partial charge in [0.05, 0.1) is 0 Å². The molecular weight excluding hydrogens is 382 g/mol. The Hall–Kier alpha value is -2.55. The van der Waals surface area contributed by atoms with Gasteiger partial charge in [0, 0.05) is 17.5 Å². The molecule has 0 saturated carbocycles. The predicted molar refractivity (Wildman–Crippen MR) is 131 cm³/mol. The molecule has 0 bridgehead atoms. The van der Waals surface area contributed by atoms with Crippen LogP contribution >= 0.6 is 0 Å². The summed E-state index contributed by atoms with van der Waals surface area (Å²) >= 11 is 0. The first-order chi connectivity index (χ1) is 14.8. The number of unbranched alkanes of at least 4 members (excludes halogenated alkanes) is 2. The van der Waals surface area contributed by atoms with E-state index >= 15 is 0 Å². The Bertz CT molecular complexity index is 1020. The molecule has 1 aliphatic carbocycles. The van der Waals surface area contributed by atoms with Crippen molar-refractivity contribution < 1.29 is 9.21 Å². The molecule has 3 heteroatoms. The minimum absolute atomic E-state index is 0.0376. The summed E-state index contributed by atoms with van der Waals surface area (Å²) in [5, 5.41) is 4.00. The fourth-order valence-electron chi connectivity index (χ4n) is 4.44. The number of amides is 1. The zero-order valence-corrected chi connectivity index (χ0v) is 19.8. The van der Waals surface area contributed by atoms with E-state index in [9.17, 15) is 4.79 Å². The lowest BCUT2D eigenvalue weighted by atomic mass is 9.72. The lowest BCUT2D eigenvalue weighted by Crippen LogP contribution is -2.24. The topological polar surface area (TPSA) is 42.2 Å². The van der Waals surface area contributed by atoms with Crippen LogP contribution in [0.25, 0.3) is 17.0 Å². The smallest absolute Gasteiger partial charge is 0.251 e. The first-order valence-corrected chi connectivity index (χ1v) is 11.7. The number of benzene rings is 1. The summed E-state index contributed by atoms with van der Waals surface area (Å²) < 4.78 is 6.02. The number of allylic oxidation sites excluding steroid dienone is 5. The van der Waals surface area contributed by atoms with E-state index < -0.39 is 0 Å². The molecule has 0 spiro atoms. The summed E-state index contributed by atoms with van der Waals surface area (Å²) in [5.74, 6) is 0.774. The van der Waals surface area contributed by atoms with Gasteiger partial charge < -0.3 is 9.73 Å². The summed E-state index contributed by atoms with van der Waals surface area (Å²) in [7, 11) is 0. The standard InChI is InChI=1S/C28H37NO2/c1-6-7-8-16-29-27(30)23-13-12-22-18-24(31-26(22)19-23)17-20(2)11-14-25-21(3)10-9-15-28(25,4)5/h11-14,17-19H,6-10,15-16H2,1-5H3,(H,29,30).